The number of pyridine rings is 1. The summed E-state index contributed by atoms with van der Waals surface area (Å²) in [5.74, 6) is 1.79. The van der Waals surface area contributed by atoms with Gasteiger partial charge >= 0.3 is 0 Å². The Bertz CT molecular complexity index is 1320. The normalized spacial score (nSPS) is 12.3. The molecule has 3 aromatic carbocycles. The zero-order valence-corrected chi connectivity index (χ0v) is 19.3. The Kier molecular flexibility index (Phi) is 5.92. The molecular weight excluding hydrogens is 432 g/mol. The summed E-state index contributed by atoms with van der Waals surface area (Å²) in [5, 5.41) is 4.66. The van der Waals surface area contributed by atoms with Crippen molar-refractivity contribution in [2.24, 2.45) is 0 Å². The number of para-hydroxylation sites is 1. The number of hydrogen-bond acceptors (Lipinski definition) is 5. The first kappa shape index (κ1) is 21.3. The van der Waals surface area contributed by atoms with Gasteiger partial charge in [0.1, 0.15) is 5.03 Å². The van der Waals surface area contributed by atoms with Crippen molar-refractivity contribution in [1.82, 2.24) is 10.3 Å². The van der Waals surface area contributed by atoms with Gasteiger partial charge in [0.25, 0.3) is 5.91 Å². The first-order valence-electron chi connectivity index (χ1n) is 10.9. The molecule has 33 heavy (non-hydrogen) atoms. The van der Waals surface area contributed by atoms with E-state index in [1.165, 1.54) is 5.56 Å². The van der Waals surface area contributed by atoms with Crippen molar-refractivity contribution < 1.29 is 14.3 Å². The zero-order chi connectivity index (χ0) is 22.8. The Morgan fingerprint density at radius 3 is 2.61 bits per heavy atom. The van der Waals surface area contributed by atoms with E-state index in [0.717, 1.165) is 32.1 Å². The molecule has 0 fully saturated rings. The van der Waals surface area contributed by atoms with Gasteiger partial charge < -0.3 is 14.8 Å². The average Bonchev–Trinajstić information content (AvgIpc) is 3.30. The van der Waals surface area contributed by atoms with Crippen LogP contribution in [0.4, 0.5) is 0 Å². The van der Waals surface area contributed by atoms with Crippen LogP contribution in [0.15, 0.2) is 82.7 Å². The molecule has 0 aliphatic carbocycles. The maximum Gasteiger partial charge on any atom is 0.252 e. The summed E-state index contributed by atoms with van der Waals surface area (Å²) in [4.78, 5) is 19.1. The summed E-state index contributed by atoms with van der Waals surface area (Å²) in [6.07, 6.45) is 0. The third kappa shape index (κ3) is 4.66. The number of amides is 1. The molecule has 1 aliphatic heterocycles. The van der Waals surface area contributed by atoms with Crippen molar-refractivity contribution in [2.45, 2.75) is 36.2 Å². The Balaban J connectivity index is 1.38. The number of nitrogens with zero attached hydrogens (tertiary/aromatic N) is 1. The number of carbonyl (C=O) groups excluding carboxylic acids is 1. The molecule has 0 bridgehead atoms. The maximum absolute atomic E-state index is 13.2. The maximum atomic E-state index is 13.2. The molecule has 166 valence electrons. The van der Waals surface area contributed by atoms with Crippen LogP contribution in [-0.2, 0) is 6.54 Å². The van der Waals surface area contributed by atoms with Gasteiger partial charge in [0, 0.05) is 16.8 Å². The number of hydrogen-bond donors (Lipinski definition) is 1. The summed E-state index contributed by atoms with van der Waals surface area (Å²) in [6.45, 7) is 4.99. The quantitative estimate of drug-likeness (QED) is 0.376. The number of rotatable bonds is 6. The monoisotopic (exact) mass is 456 g/mol. The van der Waals surface area contributed by atoms with E-state index in [9.17, 15) is 4.79 Å². The van der Waals surface area contributed by atoms with Gasteiger partial charge in [-0.25, -0.2) is 4.98 Å². The lowest BCUT2D eigenvalue weighted by Crippen LogP contribution is -2.23. The number of nitrogens with one attached hydrogen (secondary N) is 1. The predicted molar refractivity (Wildman–Crippen MR) is 130 cm³/mol. The standard InChI is InChI=1S/C27H24N2O3S/c1-17(2)19-8-10-20(11-9-19)33-26-14-22(21-5-3-4-6-23(21)29-26)27(30)28-15-18-7-12-24-25(13-18)32-16-31-24/h3-14,17H,15-16H2,1-2H3,(H,28,30). The van der Waals surface area contributed by atoms with Gasteiger partial charge in [-0.1, -0.05) is 62.0 Å². The van der Waals surface area contributed by atoms with Gasteiger partial charge in [-0.2, -0.15) is 0 Å². The Morgan fingerprint density at radius 2 is 1.79 bits per heavy atom. The van der Waals surface area contributed by atoms with E-state index in [1.807, 2.05) is 48.5 Å². The Hall–Kier alpha value is -3.51. The van der Waals surface area contributed by atoms with Gasteiger partial charge in [0.2, 0.25) is 6.79 Å². The fourth-order valence-corrected chi connectivity index (χ4v) is 4.60. The molecule has 5 rings (SSSR count). The molecule has 5 nitrogen and oxygen atoms in total. The summed E-state index contributed by atoms with van der Waals surface area (Å²) in [7, 11) is 0. The smallest absolute Gasteiger partial charge is 0.252 e. The minimum atomic E-state index is -0.136. The lowest BCUT2D eigenvalue weighted by molar-refractivity contribution is 0.0952. The molecule has 0 saturated heterocycles. The molecule has 0 saturated carbocycles. The van der Waals surface area contributed by atoms with E-state index in [1.54, 1.807) is 11.8 Å². The molecule has 1 aliphatic rings. The Labute approximate surface area is 197 Å². The van der Waals surface area contributed by atoms with E-state index in [0.29, 0.717) is 23.8 Å². The van der Waals surface area contributed by atoms with Crippen LogP contribution >= 0.6 is 11.8 Å². The van der Waals surface area contributed by atoms with Gasteiger partial charge in [-0.3, -0.25) is 4.79 Å². The second kappa shape index (κ2) is 9.16. The molecule has 0 spiro atoms. The molecule has 1 aromatic heterocycles. The van der Waals surface area contributed by atoms with Crippen molar-refractivity contribution in [3.8, 4) is 11.5 Å². The summed E-state index contributed by atoms with van der Waals surface area (Å²) in [6, 6.07) is 23.8. The summed E-state index contributed by atoms with van der Waals surface area (Å²) < 4.78 is 10.8. The van der Waals surface area contributed by atoms with Gasteiger partial charge in [0.15, 0.2) is 11.5 Å². The van der Waals surface area contributed by atoms with Crippen LogP contribution in [0.25, 0.3) is 10.9 Å². The SMILES string of the molecule is CC(C)c1ccc(Sc2cc(C(=O)NCc3ccc4c(c3)OCO4)c3ccccc3n2)cc1. The van der Waals surface area contributed by atoms with E-state index in [2.05, 4.69) is 43.4 Å². The van der Waals surface area contributed by atoms with Crippen molar-refractivity contribution in [3.05, 3.63) is 89.5 Å². The topological polar surface area (TPSA) is 60.5 Å². The van der Waals surface area contributed by atoms with Crippen LogP contribution in [0.2, 0.25) is 0 Å². The van der Waals surface area contributed by atoms with E-state index >= 15 is 0 Å². The van der Waals surface area contributed by atoms with Crippen molar-refractivity contribution in [3.63, 3.8) is 0 Å². The summed E-state index contributed by atoms with van der Waals surface area (Å²) in [5.41, 5.74) is 3.66. The third-order valence-electron chi connectivity index (χ3n) is 5.60. The molecule has 4 aromatic rings. The largest absolute Gasteiger partial charge is 0.454 e. The number of benzene rings is 3. The van der Waals surface area contributed by atoms with Crippen LogP contribution in [-0.4, -0.2) is 17.7 Å². The van der Waals surface area contributed by atoms with Crippen molar-refractivity contribution in [1.29, 1.82) is 0 Å². The lowest BCUT2D eigenvalue weighted by atomic mass is 10.0. The molecule has 6 heteroatoms. The number of aromatic nitrogens is 1. The third-order valence-corrected chi connectivity index (χ3v) is 6.52. The molecule has 1 N–H and O–H groups in total. The first-order chi connectivity index (χ1) is 16.1. The molecule has 1 amide bonds. The fourth-order valence-electron chi connectivity index (χ4n) is 3.76. The molecule has 0 atom stereocenters. The van der Waals surface area contributed by atoms with Gasteiger partial charge in [0.05, 0.1) is 11.1 Å². The second-order valence-electron chi connectivity index (χ2n) is 8.22. The average molecular weight is 457 g/mol. The molecular formula is C27H24N2O3S. The number of fused-ring (bicyclic) bond motifs is 2. The van der Waals surface area contributed by atoms with Crippen molar-refractivity contribution >= 4 is 28.6 Å². The van der Waals surface area contributed by atoms with Crippen molar-refractivity contribution in [2.75, 3.05) is 6.79 Å². The fraction of sp³-hybridized carbons (Fsp3) is 0.185. The summed E-state index contributed by atoms with van der Waals surface area (Å²) >= 11 is 1.56. The highest BCUT2D eigenvalue weighted by Crippen LogP contribution is 2.33. The number of carbonyl (C=O) groups is 1. The van der Waals surface area contributed by atoms with Crippen LogP contribution in [0, 0.1) is 0 Å². The van der Waals surface area contributed by atoms with Crippen LogP contribution in [0.1, 0.15) is 41.3 Å². The lowest BCUT2D eigenvalue weighted by Gasteiger charge is -2.11. The van der Waals surface area contributed by atoms with Gasteiger partial charge in [-0.15, -0.1) is 0 Å². The van der Waals surface area contributed by atoms with Gasteiger partial charge in [-0.05, 0) is 53.4 Å². The molecule has 0 radical (unpaired) electrons. The second-order valence-corrected chi connectivity index (χ2v) is 9.32. The highest BCUT2D eigenvalue weighted by molar-refractivity contribution is 7.99. The van der Waals surface area contributed by atoms with E-state index in [-0.39, 0.29) is 12.7 Å². The minimum absolute atomic E-state index is 0.136. The highest BCUT2D eigenvalue weighted by Gasteiger charge is 2.16. The van der Waals surface area contributed by atoms with E-state index in [4.69, 9.17) is 14.5 Å². The van der Waals surface area contributed by atoms with Crippen LogP contribution in [0.5, 0.6) is 11.5 Å². The van der Waals surface area contributed by atoms with Crippen LogP contribution in [0.3, 0.4) is 0 Å². The zero-order valence-electron chi connectivity index (χ0n) is 18.5. The highest BCUT2D eigenvalue weighted by atomic mass is 32.2. The molecule has 0 unspecified atom stereocenters. The minimum Gasteiger partial charge on any atom is -0.454 e. The van der Waals surface area contributed by atoms with Crippen LogP contribution < -0.4 is 14.8 Å². The Morgan fingerprint density at radius 1 is 1.00 bits per heavy atom. The predicted octanol–water partition coefficient (Wildman–Crippen LogP) is 6.17. The first-order valence-corrected chi connectivity index (χ1v) is 11.7. The number of ether oxygens (including phenoxy) is 2. The molecule has 2 heterocycles. The van der Waals surface area contributed by atoms with E-state index < -0.39 is 0 Å².